The first-order valence-electron chi connectivity index (χ1n) is 3.96. The van der Waals surface area contributed by atoms with Crippen molar-refractivity contribution in [1.29, 1.82) is 0 Å². The molecule has 0 aromatic carbocycles. The minimum Gasteiger partial charge on any atom is -0.390 e. The standard InChI is InChI=1S/C8H18O3/c1-4-8(10,7(2)9)5-6-11-3/h7,9-10H,4-6H2,1-3H3. The van der Waals surface area contributed by atoms with Crippen LogP contribution in [0, 0.1) is 0 Å². The summed E-state index contributed by atoms with van der Waals surface area (Å²) in [5, 5.41) is 18.9. The third-order valence-corrected chi connectivity index (χ3v) is 2.13. The minimum absolute atomic E-state index is 0.481. The highest BCUT2D eigenvalue weighted by atomic mass is 16.5. The predicted octanol–water partition coefficient (Wildman–Crippen LogP) is 0.545. The number of ether oxygens (including phenoxy) is 1. The van der Waals surface area contributed by atoms with Crippen molar-refractivity contribution in [2.75, 3.05) is 13.7 Å². The van der Waals surface area contributed by atoms with Gasteiger partial charge in [0.1, 0.15) is 0 Å². The number of methoxy groups -OCH3 is 1. The van der Waals surface area contributed by atoms with Crippen LogP contribution in [-0.4, -0.2) is 35.6 Å². The predicted molar refractivity (Wildman–Crippen MR) is 43.4 cm³/mol. The van der Waals surface area contributed by atoms with Gasteiger partial charge in [0.2, 0.25) is 0 Å². The van der Waals surface area contributed by atoms with E-state index >= 15 is 0 Å². The molecule has 2 unspecified atom stereocenters. The first kappa shape index (κ1) is 10.9. The first-order valence-corrected chi connectivity index (χ1v) is 3.96. The lowest BCUT2D eigenvalue weighted by Gasteiger charge is -2.29. The Labute approximate surface area is 68.0 Å². The zero-order valence-corrected chi connectivity index (χ0v) is 7.50. The maximum absolute atomic E-state index is 9.70. The van der Waals surface area contributed by atoms with E-state index < -0.39 is 11.7 Å². The monoisotopic (exact) mass is 162 g/mol. The van der Waals surface area contributed by atoms with Crippen LogP contribution in [0.25, 0.3) is 0 Å². The molecule has 0 aliphatic rings. The van der Waals surface area contributed by atoms with Crippen molar-refractivity contribution in [3.63, 3.8) is 0 Å². The fourth-order valence-corrected chi connectivity index (χ4v) is 0.960. The molecule has 0 saturated heterocycles. The van der Waals surface area contributed by atoms with Crippen molar-refractivity contribution < 1.29 is 14.9 Å². The van der Waals surface area contributed by atoms with Gasteiger partial charge >= 0.3 is 0 Å². The maximum Gasteiger partial charge on any atom is 0.0922 e. The molecule has 0 aromatic rings. The molecule has 0 fully saturated rings. The number of aliphatic hydroxyl groups is 2. The summed E-state index contributed by atoms with van der Waals surface area (Å²) >= 11 is 0. The molecule has 0 heterocycles. The Morgan fingerprint density at radius 3 is 2.36 bits per heavy atom. The molecule has 0 rings (SSSR count). The molecule has 0 bridgehead atoms. The van der Waals surface area contributed by atoms with Crippen molar-refractivity contribution in [2.45, 2.75) is 38.4 Å². The van der Waals surface area contributed by atoms with Crippen molar-refractivity contribution in [2.24, 2.45) is 0 Å². The van der Waals surface area contributed by atoms with E-state index in [-0.39, 0.29) is 0 Å². The van der Waals surface area contributed by atoms with Crippen LogP contribution >= 0.6 is 0 Å². The Bertz CT molecular complexity index is 104. The molecule has 0 spiro atoms. The second-order valence-corrected chi connectivity index (χ2v) is 2.88. The van der Waals surface area contributed by atoms with E-state index in [1.807, 2.05) is 6.92 Å². The first-order chi connectivity index (χ1) is 5.06. The lowest BCUT2D eigenvalue weighted by molar-refractivity contribution is -0.0838. The van der Waals surface area contributed by atoms with Crippen LogP contribution in [0.4, 0.5) is 0 Å². The minimum atomic E-state index is -0.976. The lowest BCUT2D eigenvalue weighted by atomic mass is 9.91. The van der Waals surface area contributed by atoms with Gasteiger partial charge in [0, 0.05) is 20.1 Å². The lowest BCUT2D eigenvalue weighted by Crippen LogP contribution is -2.40. The van der Waals surface area contributed by atoms with Crippen molar-refractivity contribution in [1.82, 2.24) is 0 Å². The number of rotatable bonds is 5. The van der Waals surface area contributed by atoms with Gasteiger partial charge in [0.15, 0.2) is 0 Å². The molecular weight excluding hydrogens is 144 g/mol. The Hall–Kier alpha value is -0.120. The normalized spacial score (nSPS) is 19.4. The van der Waals surface area contributed by atoms with Crippen LogP contribution < -0.4 is 0 Å². The van der Waals surface area contributed by atoms with Gasteiger partial charge in [-0.05, 0) is 13.3 Å². The van der Waals surface area contributed by atoms with E-state index in [1.165, 1.54) is 0 Å². The Morgan fingerprint density at radius 2 is 2.09 bits per heavy atom. The number of hydrogen-bond donors (Lipinski definition) is 2. The zero-order valence-electron chi connectivity index (χ0n) is 7.50. The van der Waals surface area contributed by atoms with Gasteiger partial charge in [0.25, 0.3) is 0 Å². The Morgan fingerprint density at radius 1 is 1.55 bits per heavy atom. The molecule has 3 nitrogen and oxygen atoms in total. The zero-order chi connectivity index (χ0) is 8.91. The summed E-state index contributed by atoms with van der Waals surface area (Å²) in [6.45, 7) is 3.93. The van der Waals surface area contributed by atoms with Crippen LogP contribution in [0.1, 0.15) is 26.7 Å². The van der Waals surface area contributed by atoms with Gasteiger partial charge in [-0.1, -0.05) is 6.92 Å². The van der Waals surface area contributed by atoms with E-state index in [0.29, 0.717) is 19.4 Å². The highest BCUT2D eigenvalue weighted by Gasteiger charge is 2.29. The van der Waals surface area contributed by atoms with Crippen LogP contribution in [0.15, 0.2) is 0 Å². The van der Waals surface area contributed by atoms with E-state index in [9.17, 15) is 10.2 Å². The molecular formula is C8H18O3. The van der Waals surface area contributed by atoms with Crippen molar-refractivity contribution in [3.05, 3.63) is 0 Å². The number of aliphatic hydroxyl groups excluding tert-OH is 1. The van der Waals surface area contributed by atoms with E-state index in [4.69, 9.17) is 4.74 Å². The molecule has 0 radical (unpaired) electrons. The van der Waals surface area contributed by atoms with E-state index in [0.717, 1.165) is 0 Å². The maximum atomic E-state index is 9.70. The van der Waals surface area contributed by atoms with Crippen LogP contribution in [0.2, 0.25) is 0 Å². The van der Waals surface area contributed by atoms with Crippen LogP contribution in [0.3, 0.4) is 0 Å². The Balaban J connectivity index is 3.88. The highest BCUT2D eigenvalue weighted by molar-refractivity contribution is 4.81. The Kier molecular flexibility index (Phi) is 4.65. The van der Waals surface area contributed by atoms with Crippen LogP contribution in [0.5, 0.6) is 0 Å². The SMILES string of the molecule is CCC(O)(CCOC)C(C)O. The summed E-state index contributed by atoms with van der Waals surface area (Å²) in [5.41, 5.74) is -0.976. The van der Waals surface area contributed by atoms with Gasteiger partial charge in [-0.25, -0.2) is 0 Å². The molecule has 0 aliphatic heterocycles. The van der Waals surface area contributed by atoms with Gasteiger partial charge in [-0.2, -0.15) is 0 Å². The quantitative estimate of drug-likeness (QED) is 0.620. The van der Waals surface area contributed by atoms with Crippen molar-refractivity contribution >= 4 is 0 Å². The summed E-state index contributed by atoms with van der Waals surface area (Å²) in [6, 6.07) is 0. The van der Waals surface area contributed by atoms with E-state index in [1.54, 1.807) is 14.0 Å². The molecule has 68 valence electrons. The molecule has 0 aromatic heterocycles. The van der Waals surface area contributed by atoms with Gasteiger partial charge in [-0.15, -0.1) is 0 Å². The van der Waals surface area contributed by atoms with Crippen LogP contribution in [-0.2, 0) is 4.74 Å². The molecule has 2 atom stereocenters. The summed E-state index contributed by atoms with van der Waals surface area (Å²) in [4.78, 5) is 0. The third kappa shape index (κ3) is 3.18. The van der Waals surface area contributed by atoms with E-state index in [2.05, 4.69) is 0 Å². The second kappa shape index (κ2) is 4.70. The second-order valence-electron chi connectivity index (χ2n) is 2.88. The largest absolute Gasteiger partial charge is 0.390 e. The molecule has 2 N–H and O–H groups in total. The summed E-state index contributed by atoms with van der Waals surface area (Å²) < 4.78 is 4.82. The molecule has 0 amide bonds. The molecule has 11 heavy (non-hydrogen) atoms. The van der Waals surface area contributed by atoms with Gasteiger partial charge in [0.05, 0.1) is 11.7 Å². The fraction of sp³-hybridized carbons (Fsp3) is 1.00. The third-order valence-electron chi connectivity index (χ3n) is 2.13. The molecule has 0 aliphatic carbocycles. The topological polar surface area (TPSA) is 49.7 Å². The van der Waals surface area contributed by atoms with Crippen molar-refractivity contribution in [3.8, 4) is 0 Å². The molecule has 0 saturated carbocycles. The average molecular weight is 162 g/mol. The average Bonchev–Trinajstić information content (AvgIpc) is 2.00. The van der Waals surface area contributed by atoms with Gasteiger partial charge < -0.3 is 14.9 Å². The molecule has 3 heteroatoms. The van der Waals surface area contributed by atoms with Gasteiger partial charge in [-0.3, -0.25) is 0 Å². The smallest absolute Gasteiger partial charge is 0.0922 e. The number of hydrogen-bond acceptors (Lipinski definition) is 3. The summed E-state index contributed by atoms with van der Waals surface area (Å²) in [5.74, 6) is 0. The highest BCUT2D eigenvalue weighted by Crippen LogP contribution is 2.19. The summed E-state index contributed by atoms with van der Waals surface area (Å²) in [7, 11) is 1.58. The fourth-order valence-electron chi connectivity index (χ4n) is 0.960. The summed E-state index contributed by atoms with van der Waals surface area (Å²) in [6.07, 6.45) is 0.341.